The van der Waals surface area contributed by atoms with Gasteiger partial charge >= 0.3 is 0 Å². The summed E-state index contributed by atoms with van der Waals surface area (Å²) >= 11 is 0. The van der Waals surface area contributed by atoms with Crippen LogP contribution in [0.25, 0.3) is 11.0 Å². The number of hydrogen-bond donors (Lipinski definition) is 1. The molecule has 6 nitrogen and oxygen atoms in total. The van der Waals surface area contributed by atoms with Crippen molar-refractivity contribution in [1.82, 2.24) is 24.5 Å². The lowest BCUT2D eigenvalue weighted by Gasteiger charge is -2.28. The summed E-state index contributed by atoms with van der Waals surface area (Å²) in [6, 6.07) is 2.05. The summed E-state index contributed by atoms with van der Waals surface area (Å²) in [6.07, 6.45) is 7.18. The second kappa shape index (κ2) is 4.32. The first-order chi connectivity index (χ1) is 10.8. The molecule has 5 rings (SSSR count). The Morgan fingerprint density at radius 2 is 2.18 bits per heavy atom. The molecular weight excluding hydrogens is 276 g/mol. The summed E-state index contributed by atoms with van der Waals surface area (Å²) in [7, 11) is 2.17. The van der Waals surface area contributed by atoms with Crippen molar-refractivity contribution in [3.63, 3.8) is 0 Å². The molecule has 0 amide bonds. The topological polar surface area (TPSA) is 62.6 Å². The zero-order valence-electron chi connectivity index (χ0n) is 12.6. The van der Waals surface area contributed by atoms with Crippen LogP contribution in [0.3, 0.4) is 0 Å². The Bertz CT molecular complexity index is 857. The molecule has 0 spiro atoms. The highest BCUT2D eigenvalue weighted by Crippen LogP contribution is 2.40. The van der Waals surface area contributed by atoms with Crippen LogP contribution in [0, 0.1) is 0 Å². The van der Waals surface area contributed by atoms with E-state index in [4.69, 9.17) is 4.98 Å². The molecule has 0 aromatic carbocycles. The second-order valence-electron chi connectivity index (χ2n) is 6.31. The molecule has 1 aliphatic carbocycles. The lowest BCUT2D eigenvalue weighted by atomic mass is 10.1. The van der Waals surface area contributed by atoms with E-state index in [-0.39, 0.29) is 0 Å². The number of anilines is 1. The minimum atomic E-state index is 0.694. The van der Waals surface area contributed by atoms with E-state index in [1.165, 1.54) is 30.1 Å². The van der Waals surface area contributed by atoms with Gasteiger partial charge in [0.2, 0.25) is 0 Å². The van der Waals surface area contributed by atoms with E-state index in [1.54, 1.807) is 6.33 Å². The normalized spacial score (nSPS) is 18.0. The van der Waals surface area contributed by atoms with Crippen LogP contribution in [0.4, 0.5) is 5.82 Å². The van der Waals surface area contributed by atoms with Gasteiger partial charge in [0.15, 0.2) is 0 Å². The van der Waals surface area contributed by atoms with Crippen molar-refractivity contribution >= 4 is 16.9 Å². The molecule has 3 aromatic rings. The number of fused-ring (bicyclic) bond motifs is 2. The van der Waals surface area contributed by atoms with Gasteiger partial charge < -0.3 is 14.5 Å². The van der Waals surface area contributed by atoms with Crippen LogP contribution in [-0.2, 0) is 20.0 Å². The van der Waals surface area contributed by atoms with Crippen molar-refractivity contribution in [2.45, 2.75) is 31.7 Å². The molecule has 1 aliphatic heterocycles. The van der Waals surface area contributed by atoms with E-state index in [0.29, 0.717) is 5.92 Å². The number of nitrogens with zero attached hydrogens (tertiary/aromatic N) is 5. The molecule has 0 atom stereocenters. The van der Waals surface area contributed by atoms with E-state index in [0.717, 1.165) is 36.4 Å². The molecule has 2 aliphatic rings. The van der Waals surface area contributed by atoms with E-state index < -0.39 is 0 Å². The van der Waals surface area contributed by atoms with E-state index >= 15 is 0 Å². The van der Waals surface area contributed by atoms with Gasteiger partial charge in [-0.3, -0.25) is 0 Å². The first-order valence-electron chi connectivity index (χ1n) is 7.88. The molecule has 0 unspecified atom stereocenters. The maximum absolute atomic E-state index is 4.93. The van der Waals surface area contributed by atoms with Gasteiger partial charge in [-0.15, -0.1) is 0 Å². The fourth-order valence-corrected chi connectivity index (χ4v) is 3.55. The maximum Gasteiger partial charge on any atom is 0.142 e. The number of H-pyrrole nitrogens is 1. The Hall–Kier alpha value is -2.37. The van der Waals surface area contributed by atoms with Crippen molar-refractivity contribution in [3.8, 4) is 0 Å². The summed E-state index contributed by atoms with van der Waals surface area (Å²) in [5.74, 6) is 2.98. The Labute approximate surface area is 128 Å². The number of aromatic amines is 1. The summed E-state index contributed by atoms with van der Waals surface area (Å²) in [5, 5.41) is 1.09. The van der Waals surface area contributed by atoms with Crippen molar-refractivity contribution in [2.75, 3.05) is 11.4 Å². The third kappa shape index (κ3) is 1.70. The van der Waals surface area contributed by atoms with Gasteiger partial charge in [0.1, 0.15) is 23.6 Å². The molecule has 112 valence electrons. The number of rotatable bonds is 2. The number of imidazole rings is 1. The molecule has 0 bridgehead atoms. The van der Waals surface area contributed by atoms with E-state index in [2.05, 4.69) is 31.5 Å². The Morgan fingerprint density at radius 3 is 3.05 bits per heavy atom. The smallest absolute Gasteiger partial charge is 0.142 e. The molecule has 1 fully saturated rings. The standard InChI is InChI=1S/C16H18N6/c1-21-13-5-7-22(8-12(13)20-15(21)10-2-3-10)16-11-4-6-17-14(11)18-9-19-16/h4,6,9-10H,2-3,5,7-8H2,1H3,(H,17,18,19). The van der Waals surface area contributed by atoms with Crippen LogP contribution in [-0.4, -0.2) is 31.0 Å². The summed E-state index contributed by atoms with van der Waals surface area (Å²) < 4.78 is 2.33. The van der Waals surface area contributed by atoms with Gasteiger partial charge in [-0.1, -0.05) is 0 Å². The van der Waals surface area contributed by atoms with Crippen LogP contribution in [0.2, 0.25) is 0 Å². The van der Waals surface area contributed by atoms with E-state index in [9.17, 15) is 0 Å². The van der Waals surface area contributed by atoms with Crippen LogP contribution >= 0.6 is 0 Å². The lowest BCUT2D eigenvalue weighted by molar-refractivity contribution is 0.672. The highest BCUT2D eigenvalue weighted by atomic mass is 15.2. The van der Waals surface area contributed by atoms with Gasteiger partial charge in [-0.2, -0.15) is 0 Å². The van der Waals surface area contributed by atoms with Gasteiger partial charge in [0, 0.05) is 37.8 Å². The fourth-order valence-electron chi connectivity index (χ4n) is 3.55. The third-order valence-electron chi connectivity index (χ3n) is 4.87. The highest BCUT2D eigenvalue weighted by molar-refractivity contribution is 5.87. The van der Waals surface area contributed by atoms with Crippen molar-refractivity contribution in [2.24, 2.45) is 7.05 Å². The quantitative estimate of drug-likeness (QED) is 0.786. The van der Waals surface area contributed by atoms with Crippen LogP contribution < -0.4 is 4.90 Å². The van der Waals surface area contributed by atoms with Gasteiger partial charge in [-0.05, 0) is 18.9 Å². The van der Waals surface area contributed by atoms with Gasteiger partial charge in [0.25, 0.3) is 0 Å². The fraction of sp³-hybridized carbons (Fsp3) is 0.438. The zero-order valence-corrected chi connectivity index (χ0v) is 12.6. The monoisotopic (exact) mass is 294 g/mol. The summed E-state index contributed by atoms with van der Waals surface area (Å²) in [5.41, 5.74) is 3.52. The SMILES string of the molecule is Cn1c(C2CC2)nc2c1CCN(c1ncnc3[nH]ccc13)C2. The first-order valence-corrected chi connectivity index (χ1v) is 7.88. The van der Waals surface area contributed by atoms with Gasteiger partial charge in [-0.25, -0.2) is 15.0 Å². The molecule has 0 radical (unpaired) electrons. The minimum absolute atomic E-state index is 0.694. The van der Waals surface area contributed by atoms with E-state index in [1.807, 2.05) is 12.3 Å². The summed E-state index contributed by atoms with van der Waals surface area (Å²) in [4.78, 5) is 19.2. The Morgan fingerprint density at radius 1 is 1.27 bits per heavy atom. The maximum atomic E-state index is 4.93. The summed E-state index contributed by atoms with van der Waals surface area (Å²) in [6.45, 7) is 1.82. The molecule has 1 saturated carbocycles. The molecule has 3 aromatic heterocycles. The predicted molar refractivity (Wildman–Crippen MR) is 83.8 cm³/mol. The van der Waals surface area contributed by atoms with Crippen LogP contribution in [0.1, 0.15) is 36.0 Å². The van der Waals surface area contributed by atoms with Crippen LogP contribution in [0.15, 0.2) is 18.6 Å². The van der Waals surface area contributed by atoms with Crippen molar-refractivity contribution in [1.29, 1.82) is 0 Å². The Kier molecular flexibility index (Phi) is 2.39. The highest BCUT2D eigenvalue weighted by Gasteiger charge is 2.32. The number of hydrogen-bond acceptors (Lipinski definition) is 4. The molecule has 6 heteroatoms. The third-order valence-corrected chi connectivity index (χ3v) is 4.87. The molecule has 22 heavy (non-hydrogen) atoms. The average Bonchev–Trinajstić information content (AvgIpc) is 3.17. The molecule has 1 N–H and O–H groups in total. The lowest BCUT2D eigenvalue weighted by Crippen LogP contribution is -2.31. The van der Waals surface area contributed by atoms with Gasteiger partial charge in [0.05, 0.1) is 17.6 Å². The second-order valence-corrected chi connectivity index (χ2v) is 6.31. The molecular formula is C16H18N6. The van der Waals surface area contributed by atoms with Crippen molar-refractivity contribution in [3.05, 3.63) is 35.8 Å². The minimum Gasteiger partial charge on any atom is -0.350 e. The largest absolute Gasteiger partial charge is 0.350 e. The molecule has 4 heterocycles. The number of aromatic nitrogens is 5. The number of nitrogens with one attached hydrogen (secondary N) is 1. The van der Waals surface area contributed by atoms with Crippen LogP contribution in [0.5, 0.6) is 0 Å². The Balaban J connectivity index is 1.54. The first kappa shape index (κ1) is 12.2. The average molecular weight is 294 g/mol. The molecule has 0 saturated heterocycles. The van der Waals surface area contributed by atoms with Crippen molar-refractivity contribution < 1.29 is 0 Å². The zero-order chi connectivity index (χ0) is 14.7. The predicted octanol–water partition coefficient (Wildman–Crippen LogP) is 2.13.